The van der Waals surface area contributed by atoms with E-state index in [0.717, 1.165) is 44.0 Å². The number of rotatable bonds is 5. The highest BCUT2D eigenvalue weighted by atomic mass is 16.2. The molecule has 2 rings (SSSR count). The maximum absolute atomic E-state index is 12.4. The van der Waals surface area contributed by atoms with Gasteiger partial charge >= 0.3 is 0 Å². The van der Waals surface area contributed by atoms with Gasteiger partial charge in [0.15, 0.2) is 0 Å². The van der Waals surface area contributed by atoms with Gasteiger partial charge in [-0.3, -0.25) is 9.59 Å². The minimum Gasteiger partial charge on any atom is -0.349 e. The molecular formula is C17H29N5O2. The number of nitrogens with zero attached hydrogens (tertiary/aromatic N) is 4. The van der Waals surface area contributed by atoms with E-state index in [-0.39, 0.29) is 11.8 Å². The van der Waals surface area contributed by atoms with E-state index in [2.05, 4.69) is 14.9 Å². The number of nitrogens with one attached hydrogen (secondary N) is 1. The molecule has 0 bridgehead atoms. The Balaban J connectivity index is 2.06. The van der Waals surface area contributed by atoms with Crippen LogP contribution in [-0.2, 0) is 4.79 Å². The molecule has 1 aromatic rings. The number of amides is 2. The summed E-state index contributed by atoms with van der Waals surface area (Å²) in [5.41, 5.74) is 1.43. The molecule has 1 aliphatic heterocycles. The van der Waals surface area contributed by atoms with Crippen LogP contribution in [0.3, 0.4) is 0 Å². The average Bonchev–Trinajstić information content (AvgIpc) is 2.82. The number of aromatic nitrogens is 2. The summed E-state index contributed by atoms with van der Waals surface area (Å²) in [6, 6.07) is 0.302. The second-order valence-corrected chi connectivity index (χ2v) is 6.76. The Bertz CT molecular complexity index is 600. The van der Waals surface area contributed by atoms with Crippen molar-refractivity contribution in [2.45, 2.75) is 39.7 Å². The highest BCUT2D eigenvalue weighted by Crippen LogP contribution is 2.27. The molecule has 0 spiro atoms. The number of hydrogen-bond donors (Lipinski definition) is 1. The zero-order valence-electron chi connectivity index (χ0n) is 15.4. The first kappa shape index (κ1) is 18.4. The third-order valence-corrected chi connectivity index (χ3v) is 4.66. The van der Waals surface area contributed by atoms with Gasteiger partial charge in [0.25, 0.3) is 5.91 Å². The Kier molecular flexibility index (Phi) is 5.99. The van der Waals surface area contributed by atoms with Crippen molar-refractivity contribution in [1.82, 2.24) is 24.7 Å². The van der Waals surface area contributed by atoms with Gasteiger partial charge in [-0.15, -0.1) is 0 Å². The fourth-order valence-electron chi connectivity index (χ4n) is 3.32. The second-order valence-electron chi connectivity index (χ2n) is 6.76. The minimum atomic E-state index is -0.114. The van der Waals surface area contributed by atoms with Gasteiger partial charge in [0.1, 0.15) is 11.5 Å². The van der Waals surface area contributed by atoms with Gasteiger partial charge in [-0.05, 0) is 40.8 Å². The normalized spacial score (nSPS) is 15.8. The fourth-order valence-corrected chi connectivity index (χ4v) is 3.32. The highest BCUT2D eigenvalue weighted by molar-refractivity contribution is 5.93. The van der Waals surface area contributed by atoms with E-state index in [1.54, 1.807) is 6.92 Å². The molecule has 0 aliphatic carbocycles. The fraction of sp³-hybridized carbons (Fsp3) is 0.706. The van der Waals surface area contributed by atoms with E-state index < -0.39 is 0 Å². The van der Waals surface area contributed by atoms with Crippen molar-refractivity contribution < 1.29 is 9.59 Å². The van der Waals surface area contributed by atoms with Crippen LogP contribution in [-0.4, -0.2) is 71.4 Å². The molecule has 1 saturated heterocycles. The van der Waals surface area contributed by atoms with Crippen molar-refractivity contribution in [1.29, 1.82) is 0 Å². The molecule has 2 heterocycles. The molecular weight excluding hydrogens is 306 g/mol. The molecule has 7 heteroatoms. The van der Waals surface area contributed by atoms with Crippen LogP contribution in [0.15, 0.2) is 0 Å². The molecule has 0 atom stereocenters. The Hall–Kier alpha value is -1.89. The van der Waals surface area contributed by atoms with Crippen LogP contribution < -0.4 is 5.32 Å². The second kappa shape index (κ2) is 7.79. The van der Waals surface area contributed by atoms with Crippen LogP contribution in [0.25, 0.3) is 0 Å². The third kappa shape index (κ3) is 4.14. The van der Waals surface area contributed by atoms with E-state index in [0.29, 0.717) is 18.3 Å². The minimum absolute atomic E-state index is 0.114. The highest BCUT2D eigenvalue weighted by Gasteiger charge is 2.26. The largest absolute Gasteiger partial charge is 0.349 e. The maximum atomic E-state index is 12.4. The standard InChI is InChI=1S/C17H29N5O2/c1-12-16(17(24)18-8-11-20(4)5)19-13(2)22(12)15-6-9-21(10-7-15)14(3)23/h15H,6-11H2,1-5H3,(H,18,24). The smallest absolute Gasteiger partial charge is 0.271 e. The number of hydrogen-bond acceptors (Lipinski definition) is 4. The van der Waals surface area contributed by atoms with E-state index in [1.165, 1.54) is 0 Å². The van der Waals surface area contributed by atoms with Crippen LogP contribution in [0.2, 0.25) is 0 Å². The van der Waals surface area contributed by atoms with Crippen molar-refractivity contribution in [3.05, 3.63) is 17.2 Å². The molecule has 134 valence electrons. The Morgan fingerprint density at radius 3 is 2.42 bits per heavy atom. The van der Waals surface area contributed by atoms with Gasteiger partial charge in [-0.1, -0.05) is 0 Å². The number of carbonyl (C=O) groups is 2. The SMILES string of the molecule is CC(=O)N1CCC(n2c(C)nc(C(=O)NCCN(C)C)c2C)CC1. The van der Waals surface area contributed by atoms with E-state index in [1.807, 2.05) is 37.7 Å². The van der Waals surface area contributed by atoms with E-state index in [4.69, 9.17) is 0 Å². The van der Waals surface area contributed by atoms with E-state index >= 15 is 0 Å². The van der Waals surface area contributed by atoms with Crippen LogP contribution >= 0.6 is 0 Å². The predicted molar refractivity (Wildman–Crippen MR) is 93.1 cm³/mol. The van der Waals surface area contributed by atoms with Gasteiger partial charge in [0.2, 0.25) is 5.91 Å². The van der Waals surface area contributed by atoms with Crippen molar-refractivity contribution in [3.63, 3.8) is 0 Å². The average molecular weight is 335 g/mol. The first-order valence-electron chi connectivity index (χ1n) is 8.55. The summed E-state index contributed by atoms with van der Waals surface area (Å²) in [6.45, 7) is 8.45. The molecule has 1 fully saturated rings. The number of likely N-dealkylation sites (tertiary alicyclic amines) is 1. The quantitative estimate of drug-likeness (QED) is 0.871. The lowest BCUT2D eigenvalue weighted by Crippen LogP contribution is -2.38. The zero-order chi connectivity index (χ0) is 17.9. The number of piperidine rings is 1. The maximum Gasteiger partial charge on any atom is 0.271 e. The molecule has 1 aromatic heterocycles. The molecule has 0 radical (unpaired) electrons. The number of carbonyl (C=O) groups excluding carboxylic acids is 2. The number of aryl methyl sites for hydroxylation is 1. The van der Waals surface area contributed by atoms with Gasteiger partial charge < -0.3 is 19.7 Å². The van der Waals surface area contributed by atoms with Crippen molar-refractivity contribution in [2.75, 3.05) is 40.3 Å². The Labute approximate surface area is 144 Å². The first-order chi connectivity index (χ1) is 11.3. The van der Waals surface area contributed by atoms with Gasteiger partial charge in [0.05, 0.1) is 0 Å². The molecule has 1 N–H and O–H groups in total. The molecule has 0 aromatic carbocycles. The number of imidazole rings is 1. The molecule has 0 unspecified atom stereocenters. The molecule has 2 amide bonds. The lowest BCUT2D eigenvalue weighted by molar-refractivity contribution is -0.130. The van der Waals surface area contributed by atoms with Gasteiger partial charge in [0, 0.05) is 44.8 Å². The summed E-state index contributed by atoms with van der Waals surface area (Å²) >= 11 is 0. The first-order valence-corrected chi connectivity index (χ1v) is 8.55. The van der Waals surface area contributed by atoms with Gasteiger partial charge in [-0.2, -0.15) is 0 Å². The monoisotopic (exact) mass is 335 g/mol. The summed E-state index contributed by atoms with van der Waals surface area (Å²) in [5.74, 6) is 0.886. The number of likely N-dealkylation sites (N-methyl/N-ethyl adjacent to an activating group) is 1. The molecule has 7 nitrogen and oxygen atoms in total. The van der Waals surface area contributed by atoms with Crippen molar-refractivity contribution >= 4 is 11.8 Å². The van der Waals surface area contributed by atoms with Gasteiger partial charge in [-0.25, -0.2) is 4.98 Å². The Morgan fingerprint density at radius 2 is 1.88 bits per heavy atom. The molecule has 1 aliphatic rings. The van der Waals surface area contributed by atoms with Crippen LogP contribution in [0, 0.1) is 13.8 Å². The van der Waals surface area contributed by atoms with Crippen LogP contribution in [0.1, 0.15) is 47.8 Å². The summed E-state index contributed by atoms with van der Waals surface area (Å²) in [7, 11) is 3.95. The van der Waals surface area contributed by atoms with Crippen LogP contribution in [0.4, 0.5) is 0 Å². The van der Waals surface area contributed by atoms with E-state index in [9.17, 15) is 9.59 Å². The lowest BCUT2D eigenvalue weighted by atomic mass is 10.0. The zero-order valence-corrected chi connectivity index (χ0v) is 15.4. The summed E-state index contributed by atoms with van der Waals surface area (Å²) in [5, 5.41) is 2.93. The topological polar surface area (TPSA) is 70.5 Å². The third-order valence-electron chi connectivity index (χ3n) is 4.66. The Morgan fingerprint density at radius 1 is 1.25 bits per heavy atom. The molecule has 0 saturated carbocycles. The summed E-state index contributed by atoms with van der Waals surface area (Å²) in [6.07, 6.45) is 1.80. The van der Waals surface area contributed by atoms with Crippen molar-refractivity contribution in [2.24, 2.45) is 0 Å². The summed E-state index contributed by atoms with van der Waals surface area (Å²) < 4.78 is 2.17. The van der Waals surface area contributed by atoms with Crippen molar-refractivity contribution in [3.8, 4) is 0 Å². The lowest BCUT2D eigenvalue weighted by Gasteiger charge is -2.33. The predicted octanol–water partition coefficient (Wildman–Crippen LogP) is 0.975. The van der Waals surface area contributed by atoms with Crippen LogP contribution in [0.5, 0.6) is 0 Å². The molecule has 24 heavy (non-hydrogen) atoms. The summed E-state index contributed by atoms with van der Waals surface area (Å²) in [4.78, 5) is 32.2.